The van der Waals surface area contributed by atoms with E-state index in [1.165, 1.54) is 19.3 Å². The number of aromatic nitrogens is 4. The Morgan fingerprint density at radius 2 is 1.53 bits per heavy atom. The van der Waals surface area contributed by atoms with Gasteiger partial charge >= 0.3 is 0 Å². The van der Waals surface area contributed by atoms with Crippen LogP contribution in [0.5, 0.6) is 0 Å². The van der Waals surface area contributed by atoms with Gasteiger partial charge in [0.25, 0.3) is 0 Å². The highest BCUT2D eigenvalue weighted by Crippen LogP contribution is 2.30. The molecule has 0 aromatic carbocycles. The minimum absolute atomic E-state index is 0.186. The number of hydrogen-bond acceptors (Lipinski definition) is 5. The number of hydrogen-bond donors (Lipinski definition) is 0. The molecule has 98 valence electrons. The summed E-state index contributed by atoms with van der Waals surface area (Å²) in [5.74, 6) is 1.65. The van der Waals surface area contributed by atoms with Crippen molar-refractivity contribution in [2.24, 2.45) is 0 Å². The van der Waals surface area contributed by atoms with Gasteiger partial charge in [0, 0.05) is 31.3 Å². The second kappa shape index (κ2) is 5.73. The largest absolute Gasteiger partial charge is 0.331 e. The summed E-state index contributed by atoms with van der Waals surface area (Å²) in [4.78, 5) is 19.8. The minimum atomic E-state index is 0.186. The summed E-state index contributed by atoms with van der Waals surface area (Å²) < 4.78 is 0. The molecule has 5 nitrogen and oxygen atoms in total. The van der Waals surface area contributed by atoms with E-state index in [0.29, 0.717) is 0 Å². The maximum Gasteiger partial charge on any atom is 0.225 e. The highest BCUT2D eigenvalue weighted by atomic mass is 15.3. The van der Waals surface area contributed by atoms with Gasteiger partial charge in [-0.15, -0.1) is 0 Å². The summed E-state index contributed by atoms with van der Waals surface area (Å²) in [6, 6.07) is 3.88. The van der Waals surface area contributed by atoms with Crippen molar-refractivity contribution in [3.05, 3.63) is 42.7 Å². The van der Waals surface area contributed by atoms with Gasteiger partial charge in [0.2, 0.25) is 5.95 Å². The van der Waals surface area contributed by atoms with E-state index in [2.05, 4.69) is 24.8 Å². The lowest BCUT2D eigenvalue weighted by Crippen LogP contribution is -2.31. The Morgan fingerprint density at radius 1 is 0.842 bits per heavy atom. The van der Waals surface area contributed by atoms with Crippen molar-refractivity contribution in [2.75, 3.05) is 11.4 Å². The van der Waals surface area contributed by atoms with Gasteiger partial charge in [0.1, 0.15) is 0 Å². The van der Waals surface area contributed by atoms with E-state index in [4.69, 9.17) is 0 Å². The molecule has 0 radical (unpaired) electrons. The van der Waals surface area contributed by atoms with E-state index < -0.39 is 0 Å². The molecule has 0 spiro atoms. The van der Waals surface area contributed by atoms with Crippen LogP contribution >= 0.6 is 0 Å². The van der Waals surface area contributed by atoms with E-state index in [0.717, 1.165) is 24.7 Å². The first-order valence-corrected chi connectivity index (χ1v) is 6.76. The molecule has 1 unspecified atom stereocenters. The van der Waals surface area contributed by atoms with Crippen LogP contribution in [0.4, 0.5) is 5.95 Å². The van der Waals surface area contributed by atoms with Crippen LogP contribution in [-0.2, 0) is 0 Å². The Balaban J connectivity index is 1.94. The highest BCUT2D eigenvalue weighted by Gasteiger charge is 2.26. The van der Waals surface area contributed by atoms with Crippen LogP contribution in [0.15, 0.2) is 36.9 Å². The molecule has 1 saturated heterocycles. The standard InChI is InChI=1S/C14H17N5/c1-2-6-12(13-15-7-4-8-16-13)19(11-3-1)14-17-9-5-10-18-14/h4-5,7-10,12H,1-3,6,11H2. The fraction of sp³-hybridized carbons (Fsp3) is 0.429. The topological polar surface area (TPSA) is 54.8 Å². The Labute approximate surface area is 112 Å². The van der Waals surface area contributed by atoms with Gasteiger partial charge in [-0.1, -0.05) is 12.8 Å². The molecule has 0 aliphatic carbocycles. The number of nitrogens with zero attached hydrogens (tertiary/aromatic N) is 5. The molecule has 1 atom stereocenters. The summed E-state index contributed by atoms with van der Waals surface area (Å²) in [6.07, 6.45) is 11.9. The SMILES string of the molecule is c1cnc(C2CCCCCN2c2ncccn2)nc1. The summed E-state index contributed by atoms with van der Waals surface area (Å²) in [6.45, 7) is 0.965. The molecule has 19 heavy (non-hydrogen) atoms. The quantitative estimate of drug-likeness (QED) is 0.824. The van der Waals surface area contributed by atoms with E-state index in [1.807, 2.05) is 12.1 Å². The lowest BCUT2D eigenvalue weighted by molar-refractivity contribution is 0.560. The second-order valence-corrected chi connectivity index (χ2v) is 4.71. The summed E-state index contributed by atoms with van der Waals surface area (Å²) >= 11 is 0. The lowest BCUT2D eigenvalue weighted by Gasteiger charge is -2.28. The molecule has 5 heteroatoms. The van der Waals surface area contributed by atoms with Gasteiger partial charge in [0.05, 0.1) is 6.04 Å². The zero-order valence-corrected chi connectivity index (χ0v) is 10.8. The minimum Gasteiger partial charge on any atom is -0.331 e. The maximum absolute atomic E-state index is 4.41. The molecular formula is C14H17N5. The average molecular weight is 255 g/mol. The zero-order chi connectivity index (χ0) is 12.9. The highest BCUT2D eigenvalue weighted by molar-refractivity contribution is 5.32. The lowest BCUT2D eigenvalue weighted by atomic mass is 10.1. The van der Waals surface area contributed by atoms with Crippen LogP contribution in [0.3, 0.4) is 0 Å². The predicted molar refractivity (Wildman–Crippen MR) is 72.6 cm³/mol. The van der Waals surface area contributed by atoms with Crippen LogP contribution in [0.1, 0.15) is 37.5 Å². The van der Waals surface area contributed by atoms with Gasteiger partial charge in [-0.05, 0) is 25.0 Å². The van der Waals surface area contributed by atoms with E-state index in [1.54, 1.807) is 24.8 Å². The third kappa shape index (κ3) is 2.70. The fourth-order valence-corrected chi connectivity index (χ4v) is 2.54. The van der Waals surface area contributed by atoms with Crippen molar-refractivity contribution in [3.63, 3.8) is 0 Å². The molecular weight excluding hydrogens is 238 g/mol. The van der Waals surface area contributed by atoms with Crippen molar-refractivity contribution in [1.29, 1.82) is 0 Å². The molecule has 0 bridgehead atoms. The van der Waals surface area contributed by atoms with E-state index in [9.17, 15) is 0 Å². The molecule has 3 rings (SSSR count). The zero-order valence-electron chi connectivity index (χ0n) is 10.8. The molecule has 0 N–H and O–H groups in total. The van der Waals surface area contributed by atoms with Crippen molar-refractivity contribution < 1.29 is 0 Å². The fourth-order valence-electron chi connectivity index (χ4n) is 2.54. The normalized spacial score (nSPS) is 20.0. The Kier molecular flexibility index (Phi) is 3.63. The Hall–Kier alpha value is -2.04. The van der Waals surface area contributed by atoms with Crippen molar-refractivity contribution in [3.8, 4) is 0 Å². The van der Waals surface area contributed by atoms with E-state index in [-0.39, 0.29) is 6.04 Å². The molecule has 0 saturated carbocycles. The third-order valence-electron chi connectivity index (χ3n) is 3.45. The van der Waals surface area contributed by atoms with Crippen LogP contribution in [0, 0.1) is 0 Å². The Morgan fingerprint density at radius 3 is 2.26 bits per heavy atom. The first-order valence-electron chi connectivity index (χ1n) is 6.76. The summed E-state index contributed by atoms with van der Waals surface area (Å²) in [5, 5.41) is 0. The van der Waals surface area contributed by atoms with Crippen LogP contribution in [0.2, 0.25) is 0 Å². The molecule has 2 aromatic rings. The second-order valence-electron chi connectivity index (χ2n) is 4.71. The first-order chi connectivity index (χ1) is 9.45. The molecule has 0 amide bonds. The molecule has 1 aliphatic rings. The maximum atomic E-state index is 4.41. The molecule has 1 fully saturated rings. The van der Waals surface area contributed by atoms with Gasteiger partial charge in [-0.2, -0.15) is 0 Å². The number of anilines is 1. The summed E-state index contributed by atoms with van der Waals surface area (Å²) in [5.41, 5.74) is 0. The van der Waals surface area contributed by atoms with Crippen molar-refractivity contribution in [1.82, 2.24) is 19.9 Å². The van der Waals surface area contributed by atoms with Crippen LogP contribution < -0.4 is 4.90 Å². The third-order valence-corrected chi connectivity index (χ3v) is 3.45. The van der Waals surface area contributed by atoms with Gasteiger partial charge in [0.15, 0.2) is 5.82 Å². The first kappa shape index (κ1) is 12.0. The van der Waals surface area contributed by atoms with E-state index >= 15 is 0 Å². The van der Waals surface area contributed by atoms with Gasteiger partial charge in [-0.25, -0.2) is 19.9 Å². The Bertz CT molecular complexity index is 454. The molecule has 3 heterocycles. The van der Waals surface area contributed by atoms with Crippen LogP contribution in [-0.4, -0.2) is 26.5 Å². The summed E-state index contributed by atoms with van der Waals surface area (Å²) in [7, 11) is 0. The molecule has 2 aromatic heterocycles. The monoisotopic (exact) mass is 255 g/mol. The van der Waals surface area contributed by atoms with Gasteiger partial charge < -0.3 is 4.90 Å². The van der Waals surface area contributed by atoms with Gasteiger partial charge in [-0.3, -0.25) is 0 Å². The predicted octanol–water partition coefficient (Wildman–Crippen LogP) is 2.39. The molecule has 1 aliphatic heterocycles. The smallest absolute Gasteiger partial charge is 0.225 e. The average Bonchev–Trinajstić information content (AvgIpc) is 2.75. The van der Waals surface area contributed by atoms with Crippen molar-refractivity contribution in [2.45, 2.75) is 31.7 Å². The van der Waals surface area contributed by atoms with Crippen molar-refractivity contribution >= 4 is 5.95 Å². The number of rotatable bonds is 2. The van der Waals surface area contributed by atoms with Crippen LogP contribution in [0.25, 0.3) is 0 Å².